The molecular weight excluding hydrogens is 442 g/mol. The van der Waals surface area contributed by atoms with Gasteiger partial charge in [-0.1, -0.05) is 57.9 Å². The van der Waals surface area contributed by atoms with Crippen molar-refractivity contribution in [2.45, 2.75) is 6.54 Å². The van der Waals surface area contributed by atoms with E-state index in [1.54, 1.807) is 23.7 Å². The number of hydrogen-bond acceptors (Lipinski definition) is 3. The van der Waals surface area contributed by atoms with E-state index < -0.39 is 0 Å². The lowest BCUT2D eigenvalue weighted by Crippen LogP contribution is -2.17. The summed E-state index contributed by atoms with van der Waals surface area (Å²) >= 11 is 11.5. The minimum atomic E-state index is 0.646. The summed E-state index contributed by atoms with van der Waals surface area (Å²) in [6, 6.07) is 20.0. The molecule has 4 aromatic rings. The average molecular weight is 457 g/mol. The molecule has 2 heterocycles. The number of rotatable bonds is 4. The molecule has 134 valence electrons. The lowest BCUT2D eigenvalue weighted by atomic mass is 10.1. The topological polar surface area (TPSA) is 30.2 Å². The Morgan fingerprint density at radius 2 is 1.85 bits per heavy atom. The molecule has 0 N–H and O–H groups in total. The van der Waals surface area contributed by atoms with Crippen LogP contribution in [0.15, 0.2) is 87.9 Å². The molecule has 0 radical (unpaired) electrons. The van der Waals surface area contributed by atoms with E-state index in [0.29, 0.717) is 6.54 Å². The third kappa shape index (κ3) is 4.21. The van der Waals surface area contributed by atoms with Gasteiger partial charge in [0.05, 0.1) is 24.1 Å². The maximum atomic E-state index is 6.42. The predicted molar refractivity (Wildman–Crippen MR) is 115 cm³/mol. The molecule has 0 fully saturated rings. The van der Waals surface area contributed by atoms with Gasteiger partial charge >= 0.3 is 0 Å². The number of thiazole rings is 1. The normalized spacial score (nSPS) is 11.7. The van der Waals surface area contributed by atoms with Crippen LogP contribution in [-0.4, -0.2) is 9.55 Å². The van der Waals surface area contributed by atoms with Gasteiger partial charge in [-0.2, -0.15) is 0 Å². The van der Waals surface area contributed by atoms with Crippen molar-refractivity contribution in [3.05, 3.63) is 98.3 Å². The number of nitrogens with zero attached hydrogens (tertiary/aromatic N) is 3. The van der Waals surface area contributed by atoms with E-state index in [1.807, 2.05) is 48.5 Å². The zero-order chi connectivity index (χ0) is 18.6. The van der Waals surface area contributed by atoms with E-state index in [9.17, 15) is 0 Å². The monoisotopic (exact) mass is 455 g/mol. The van der Waals surface area contributed by atoms with E-state index >= 15 is 0 Å². The Labute approximate surface area is 174 Å². The maximum Gasteiger partial charge on any atom is 0.190 e. The van der Waals surface area contributed by atoms with E-state index in [1.165, 1.54) is 0 Å². The van der Waals surface area contributed by atoms with Gasteiger partial charge in [-0.15, -0.1) is 11.3 Å². The van der Waals surface area contributed by atoms with Crippen LogP contribution >= 0.6 is 38.9 Å². The van der Waals surface area contributed by atoms with Crippen molar-refractivity contribution in [2.75, 3.05) is 0 Å². The van der Waals surface area contributed by atoms with Crippen LogP contribution < -0.4 is 4.80 Å². The van der Waals surface area contributed by atoms with Gasteiger partial charge < -0.3 is 4.57 Å². The van der Waals surface area contributed by atoms with Crippen LogP contribution in [0.1, 0.15) is 5.56 Å². The highest BCUT2D eigenvalue weighted by Gasteiger charge is 2.10. The van der Waals surface area contributed by atoms with Crippen LogP contribution in [0, 0.1) is 0 Å². The van der Waals surface area contributed by atoms with Crippen molar-refractivity contribution in [1.82, 2.24) is 9.55 Å². The minimum Gasteiger partial charge on any atom is -0.312 e. The summed E-state index contributed by atoms with van der Waals surface area (Å²) < 4.78 is 3.25. The Hall–Kier alpha value is -2.21. The average Bonchev–Trinajstić information content (AvgIpc) is 3.07. The predicted octanol–water partition coefficient (Wildman–Crippen LogP) is 6.31. The first-order chi connectivity index (χ1) is 13.2. The third-order valence-electron chi connectivity index (χ3n) is 4.09. The fourth-order valence-corrected chi connectivity index (χ4v) is 4.14. The summed E-state index contributed by atoms with van der Waals surface area (Å²) in [7, 11) is 0. The molecule has 0 aliphatic heterocycles. The van der Waals surface area contributed by atoms with E-state index in [0.717, 1.165) is 36.8 Å². The zero-order valence-corrected chi connectivity index (χ0v) is 17.4. The van der Waals surface area contributed by atoms with Gasteiger partial charge in [0.25, 0.3) is 0 Å². The highest BCUT2D eigenvalue weighted by molar-refractivity contribution is 9.10. The second kappa shape index (κ2) is 8.21. The molecule has 0 bridgehead atoms. The van der Waals surface area contributed by atoms with E-state index in [4.69, 9.17) is 16.6 Å². The van der Waals surface area contributed by atoms with E-state index in [-0.39, 0.29) is 0 Å². The molecule has 0 spiro atoms. The van der Waals surface area contributed by atoms with Crippen molar-refractivity contribution in [1.29, 1.82) is 0 Å². The number of aromatic nitrogens is 2. The molecule has 0 atom stereocenters. The van der Waals surface area contributed by atoms with Crippen LogP contribution in [0.2, 0.25) is 5.02 Å². The molecule has 6 heteroatoms. The minimum absolute atomic E-state index is 0.646. The highest BCUT2D eigenvalue weighted by atomic mass is 79.9. The summed E-state index contributed by atoms with van der Waals surface area (Å²) in [5.41, 5.74) is 4.13. The number of hydrogen-bond donors (Lipinski definition) is 0. The first-order valence-corrected chi connectivity index (χ1v) is 10.4. The van der Waals surface area contributed by atoms with Gasteiger partial charge in [-0.3, -0.25) is 4.98 Å². The Balaban J connectivity index is 1.86. The largest absolute Gasteiger partial charge is 0.312 e. The molecular formula is C21H15BrClN3S. The molecule has 0 unspecified atom stereocenters. The maximum absolute atomic E-state index is 6.42. The Bertz CT molecular complexity index is 1120. The first kappa shape index (κ1) is 18.2. The van der Waals surface area contributed by atoms with Gasteiger partial charge in [0.2, 0.25) is 0 Å². The van der Waals surface area contributed by atoms with Crippen LogP contribution in [-0.2, 0) is 6.54 Å². The summed E-state index contributed by atoms with van der Waals surface area (Å²) in [5, 5.41) is 2.89. The fraction of sp³-hybridized carbons (Fsp3) is 0.0476. The Morgan fingerprint density at radius 3 is 2.59 bits per heavy atom. The van der Waals surface area contributed by atoms with Crippen LogP contribution in [0.3, 0.4) is 0 Å². The van der Waals surface area contributed by atoms with Crippen molar-refractivity contribution in [2.24, 2.45) is 4.99 Å². The second-order valence-corrected chi connectivity index (χ2v) is 8.07. The third-order valence-corrected chi connectivity index (χ3v) is 5.86. The highest BCUT2D eigenvalue weighted by Crippen LogP contribution is 2.25. The molecule has 0 saturated carbocycles. The van der Waals surface area contributed by atoms with Crippen molar-refractivity contribution >= 4 is 44.6 Å². The van der Waals surface area contributed by atoms with Gasteiger partial charge in [-0.25, -0.2) is 4.99 Å². The number of benzene rings is 2. The van der Waals surface area contributed by atoms with Crippen LogP contribution in [0.5, 0.6) is 0 Å². The molecule has 2 aromatic heterocycles. The molecule has 27 heavy (non-hydrogen) atoms. The SMILES string of the molecule is Clc1ccccc1Cn1c(-c2ccc(Br)cc2)csc1=Nc1cccnc1. The summed E-state index contributed by atoms with van der Waals surface area (Å²) in [4.78, 5) is 9.86. The van der Waals surface area contributed by atoms with Crippen molar-refractivity contribution in [3.8, 4) is 11.3 Å². The quantitative estimate of drug-likeness (QED) is 0.354. The van der Waals surface area contributed by atoms with E-state index in [2.05, 4.69) is 43.0 Å². The first-order valence-electron chi connectivity index (χ1n) is 8.33. The molecule has 3 nitrogen and oxygen atoms in total. The van der Waals surface area contributed by atoms with Gasteiger partial charge in [0.1, 0.15) is 0 Å². The molecule has 0 aliphatic rings. The van der Waals surface area contributed by atoms with Crippen LogP contribution in [0.25, 0.3) is 11.3 Å². The fourth-order valence-electron chi connectivity index (χ4n) is 2.75. The van der Waals surface area contributed by atoms with Gasteiger partial charge in [0, 0.05) is 21.1 Å². The molecule has 0 amide bonds. The summed E-state index contributed by atoms with van der Waals surface area (Å²) in [5.74, 6) is 0. The Morgan fingerprint density at radius 1 is 1.04 bits per heavy atom. The molecule has 2 aromatic carbocycles. The molecule has 0 aliphatic carbocycles. The smallest absolute Gasteiger partial charge is 0.190 e. The number of halogens is 2. The number of pyridine rings is 1. The van der Waals surface area contributed by atoms with Crippen molar-refractivity contribution in [3.63, 3.8) is 0 Å². The lowest BCUT2D eigenvalue weighted by Gasteiger charge is -2.11. The molecule has 4 rings (SSSR count). The lowest BCUT2D eigenvalue weighted by molar-refractivity contribution is 0.778. The molecule has 0 saturated heterocycles. The van der Waals surface area contributed by atoms with Gasteiger partial charge in [-0.05, 0) is 41.5 Å². The summed E-state index contributed by atoms with van der Waals surface area (Å²) in [6.45, 7) is 0.646. The second-order valence-electron chi connectivity index (χ2n) is 5.91. The standard InChI is InChI=1S/C21H15BrClN3S/c22-17-9-7-15(8-10-17)20-14-27-21(25-18-5-3-11-24-12-18)26(20)13-16-4-1-2-6-19(16)23/h1-12,14H,13H2. The zero-order valence-electron chi connectivity index (χ0n) is 14.2. The Kier molecular flexibility index (Phi) is 5.53. The van der Waals surface area contributed by atoms with Crippen molar-refractivity contribution < 1.29 is 0 Å². The van der Waals surface area contributed by atoms with Crippen LogP contribution in [0.4, 0.5) is 5.69 Å². The van der Waals surface area contributed by atoms with Gasteiger partial charge in [0.15, 0.2) is 4.80 Å². The summed E-state index contributed by atoms with van der Waals surface area (Å²) in [6.07, 6.45) is 3.51.